The quantitative estimate of drug-likeness (QED) is 0.175. The lowest BCUT2D eigenvalue weighted by atomic mass is 9.69. The van der Waals surface area contributed by atoms with Crippen molar-refractivity contribution in [2.24, 2.45) is 5.92 Å². The molecular formula is C49H44N2. The van der Waals surface area contributed by atoms with Gasteiger partial charge in [-0.05, 0) is 124 Å². The normalized spacial score (nSPS) is 18.6. The molecule has 2 unspecified atom stereocenters. The summed E-state index contributed by atoms with van der Waals surface area (Å²) < 4.78 is 0. The summed E-state index contributed by atoms with van der Waals surface area (Å²) in [4.78, 5) is 4.80. The first-order valence-electron chi connectivity index (χ1n) is 18.3. The van der Waals surface area contributed by atoms with E-state index in [9.17, 15) is 0 Å². The van der Waals surface area contributed by atoms with Crippen molar-refractivity contribution in [3.63, 3.8) is 0 Å². The van der Waals surface area contributed by atoms with Crippen LogP contribution in [0.2, 0.25) is 0 Å². The van der Waals surface area contributed by atoms with Crippen LogP contribution in [0.25, 0.3) is 11.1 Å². The summed E-state index contributed by atoms with van der Waals surface area (Å²) in [6, 6.07) is 52.7. The molecule has 51 heavy (non-hydrogen) atoms. The van der Waals surface area contributed by atoms with Gasteiger partial charge in [-0.25, -0.2) is 0 Å². The number of fused-ring (bicyclic) bond motifs is 7. The third-order valence-corrected chi connectivity index (χ3v) is 11.7. The fourth-order valence-corrected chi connectivity index (χ4v) is 9.45. The Morgan fingerprint density at radius 2 is 1.04 bits per heavy atom. The third-order valence-electron chi connectivity index (χ3n) is 11.7. The maximum absolute atomic E-state index is 2.57. The lowest BCUT2D eigenvalue weighted by Crippen LogP contribution is -2.30. The van der Waals surface area contributed by atoms with Crippen LogP contribution in [0.5, 0.6) is 0 Å². The molecule has 3 aliphatic carbocycles. The molecule has 0 fully saturated rings. The Hall–Kier alpha value is -5.60. The predicted octanol–water partition coefficient (Wildman–Crippen LogP) is 13.1. The van der Waals surface area contributed by atoms with Gasteiger partial charge in [0.2, 0.25) is 0 Å². The largest absolute Gasteiger partial charge is 0.311 e. The highest BCUT2D eigenvalue weighted by Gasteiger charge is 2.51. The van der Waals surface area contributed by atoms with Crippen LogP contribution in [0.4, 0.5) is 28.4 Å². The molecule has 6 aromatic carbocycles. The topological polar surface area (TPSA) is 6.48 Å². The number of para-hydroxylation sites is 4. The van der Waals surface area contributed by atoms with Crippen LogP contribution in [0.3, 0.4) is 0 Å². The molecule has 0 N–H and O–H groups in total. The van der Waals surface area contributed by atoms with Gasteiger partial charge < -0.3 is 9.80 Å². The summed E-state index contributed by atoms with van der Waals surface area (Å²) in [5, 5.41) is 0. The Morgan fingerprint density at radius 3 is 1.57 bits per heavy atom. The second-order valence-electron chi connectivity index (χ2n) is 15.5. The van der Waals surface area contributed by atoms with E-state index in [0.29, 0.717) is 11.8 Å². The zero-order chi connectivity index (χ0) is 34.9. The zero-order valence-electron chi connectivity index (χ0n) is 30.1. The number of anilines is 5. The molecule has 3 aliphatic rings. The van der Waals surface area contributed by atoms with Crippen molar-refractivity contribution in [3.05, 3.63) is 197 Å². The van der Waals surface area contributed by atoms with Gasteiger partial charge >= 0.3 is 0 Å². The van der Waals surface area contributed by atoms with Gasteiger partial charge in [0, 0.05) is 45.5 Å². The molecule has 2 heteroatoms. The van der Waals surface area contributed by atoms with Crippen LogP contribution < -0.4 is 9.80 Å². The molecule has 6 aromatic rings. The first-order chi connectivity index (χ1) is 24.7. The number of rotatable bonds is 6. The third kappa shape index (κ3) is 4.84. The van der Waals surface area contributed by atoms with Gasteiger partial charge in [-0.3, -0.25) is 0 Å². The predicted molar refractivity (Wildman–Crippen MR) is 215 cm³/mol. The molecule has 0 amide bonds. The van der Waals surface area contributed by atoms with E-state index < -0.39 is 0 Å². The van der Waals surface area contributed by atoms with Gasteiger partial charge in [-0.2, -0.15) is 0 Å². The van der Waals surface area contributed by atoms with E-state index in [4.69, 9.17) is 0 Å². The lowest BCUT2D eigenvalue weighted by molar-refractivity contribution is 0.387. The summed E-state index contributed by atoms with van der Waals surface area (Å²) in [5.41, 5.74) is 17.0. The second-order valence-corrected chi connectivity index (χ2v) is 15.5. The van der Waals surface area contributed by atoms with E-state index >= 15 is 0 Å². The summed E-state index contributed by atoms with van der Waals surface area (Å²) in [6.07, 6.45) is 7.42. The molecule has 0 aliphatic heterocycles. The van der Waals surface area contributed by atoms with Gasteiger partial charge in [0.1, 0.15) is 0 Å². The number of benzene rings is 6. The van der Waals surface area contributed by atoms with E-state index in [0.717, 1.165) is 11.4 Å². The minimum atomic E-state index is -0.170. The summed E-state index contributed by atoms with van der Waals surface area (Å²) in [5.74, 6) is 0.660. The molecular weight excluding hydrogens is 617 g/mol. The van der Waals surface area contributed by atoms with Crippen molar-refractivity contribution in [1.29, 1.82) is 0 Å². The van der Waals surface area contributed by atoms with E-state index in [-0.39, 0.29) is 10.8 Å². The molecule has 0 bridgehead atoms. The van der Waals surface area contributed by atoms with Gasteiger partial charge in [-0.1, -0.05) is 125 Å². The Morgan fingerprint density at radius 1 is 0.529 bits per heavy atom. The minimum absolute atomic E-state index is 0.0743. The molecule has 2 nitrogen and oxygen atoms in total. The Balaban J connectivity index is 1.17. The average Bonchev–Trinajstić information content (AvgIpc) is 3.52. The van der Waals surface area contributed by atoms with E-state index in [1.54, 1.807) is 0 Å². The standard InChI is InChI=1S/C49H44N2/c1-33-30-42-40-28-26-38(50(34-18-10-6-11-19-34)35-20-12-7-13-21-35)31-43(40)48(2,3)46(42)47-45(33)41-29-27-39(32-44(41)49(47,4)5)51(36-22-14-8-15-23-36)37-24-16-9-17-25-37/h6-32,40,43H,1-5H3. The Labute approximate surface area is 303 Å². The molecule has 0 heterocycles. The molecule has 0 aromatic heterocycles. The van der Waals surface area contributed by atoms with Crippen LogP contribution in [0.1, 0.15) is 61.4 Å². The SMILES string of the molecule is Cc1cc2c(c3c1-c1ccc(N(c4ccccc4)c4ccccc4)cc1C3(C)C)C(C)(C)C1C=C(N(c3ccccc3)c3ccccc3)C=CC21. The van der Waals surface area contributed by atoms with Crippen LogP contribution in [0, 0.1) is 12.8 Å². The van der Waals surface area contributed by atoms with Gasteiger partial charge in [0.15, 0.2) is 0 Å². The summed E-state index contributed by atoms with van der Waals surface area (Å²) in [6.45, 7) is 12.2. The molecule has 0 saturated carbocycles. The monoisotopic (exact) mass is 660 g/mol. The first kappa shape index (κ1) is 31.4. The number of nitrogens with zero attached hydrogens (tertiary/aromatic N) is 2. The first-order valence-corrected chi connectivity index (χ1v) is 18.3. The van der Waals surface area contributed by atoms with Crippen molar-refractivity contribution in [3.8, 4) is 11.1 Å². The molecule has 0 radical (unpaired) electrons. The van der Waals surface area contributed by atoms with Crippen LogP contribution in [-0.4, -0.2) is 0 Å². The Kier molecular flexibility index (Phi) is 7.23. The van der Waals surface area contributed by atoms with Crippen molar-refractivity contribution < 1.29 is 0 Å². The van der Waals surface area contributed by atoms with Gasteiger partial charge in [0.05, 0.1) is 0 Å². The zero-order valence-corrected chi connectivity index (χ0v) is 30.1. The van der Waals surface area contributed by atoms with E-state index in [1.165, 1.54) is 61.7 Å². The van der Waals surface area contributed by atoms with Gasteiger partial charge in [0.25, 0.3) is 0 Å². The maximum Gasteiger partial charge on any atom is 0.0465 e. The van der Waals surface area contributed by atoms with Crippen molar-refractivity contribution >= 4 is 28.4 Å². The number of hydrogen-bond donors (Lipinski definition) is 0. The maximum atomic E-state index is 2.57. The highest BCUT2D eigenvalue weighted by Crippen LogP contribution is 2.62. The van der Waals surface area contributed by atoms with Crippen molar-refractivity contribution in [2.45, 2.75) is 51.4 Å². The highest BCUT2D eigenvalue weighted by molar-refractivity contribution is 5.89. The van der Waals surface area contributed by atoms with Crippen LogP contribution >= 0.6 is 0 Å². The molecule has 2 atom stereocenters. The molecule has 250 valence electrons. The van der Waals surface area contributed by atoms with Crippen LogP contribution in [0.15, 0.2) is 170 Å². The lowest BCUT2D eigenvalue weighted by Gasteiger charge is -2.36. The van der Waals surface area contributed by atoms with E-state index in [1.807, 2.05) is 0 Å². The molecule has 9 rings (SSSR count). The van der Waals surface area contributed by atoms with Crippen LogP contribution in [-0.2, 0) is 10.8 Å². The number of hydrogen-bond acceptors (Lipinski definition) is 2. The minimum Gasteiger partial charge on any atom is -0.311 e. The smallest absolute Gasteiger partial charge is 0.0465 e. The van der Waals surface area contributed by atoms with E-state index in [2.05, 4.69) is 208 Å². The average molecular weight is 661 g/mol. The number of allylic oxidation sites excluding steroid dienone is 3. The second kappa shape index (κ2) is 11.7. The molecule has 0 saturated heterocycles. The molecule has 0 spiro atoms. The summed E-state index contributed by atoms with van der Waals surface area (Å²) in [7, 11) is 0. The highest BCUT2D eigenvalue weighted by atomic mass is 15.2. The summed E-state index contributed by atoms with van der Waals surface area (Å²) >= 11 is 0. The van der Waals surface area contributed by atoms with Crippen molar-refractivity contribution in [1.82, 2.24) is 0 Å². The fourth-order valence-electron chi connectivity index (χ4n) is 9.45. The Bertz CT molecular complexity index is 2240. The fraction of sp³-hybridized carbons (Fsp3) is 0.184. The van der Waals surface area contributed by atoms with Gasteiger partial charge in [-0.15, -0.1) is 0 Å². The van der Waals surface area contributed by atoms with Crippen molar-refractivity contribution in [2.75, 3.05) is 9.80 Å². The number of aryl methyl sites for hydroxylation is 1.